The molecule has 1 atom stereocenters. The molecular weight excluding hydrogens is 406 g/mol. The lowest BCUT2D eigenvalue weighted by Crippen LogP contribution is -2.46. The zero-order valence-electron chi connectivity index (χ0n) is 17.5. The number of likely N-dealkylation sites (tertiary alicyclic amines) is 2. The lowest BCUT2D eigenvalue weighted by molar-refractivity contribution is -0.133. The van der Waals surface area contributed by atoms with E-state index in [4.69, 9.17) is 0 Å². The second kappa shape index (κ2) is 9.64. The summed E-state index contributed by atoms with van der Waals surface area (Å²) in [5.41, 5.74) is 1.37. The van der Waals surface area contributed by atoms with Crippen LogP contribution in [0.5, 0.6) is 0 Å². The zero-order valence-corrected chi connectivity index (χ0v) is 18.3. The van der Waals surface area contributed by atoms with E-state index < -0.39 is 5.76 Å². The predicted molar refractivity (Wildman–Crippen MR) is 116 cm³/mol. The maximum Gasteiger partial charge on any atom is 0.291 e. The third kappa shape index (κ3) is 5.14. The topological polar surface area (TPSA) is 41.4 Å². The number of fused-ring (bicyclic) bond motifs is 1. The fraction of sp³-hybridized carbons (Fsp3) is 0.636. The van der Waals surface area contributed by atoms with Crippen LogP contribution in [-0.4, -0.2) is 63.7 Å². The van der Waals surface area contributed by atoms with Crippen molar-refractivity contribution in [1.29, 1.82) is 0 Å². The first-order chi connectivity index (χ1) is 14.5. The number of piperidine rings is 2. The molecule has 4 rings (SSSR count). The first kappa shape index (κ1) is 21.6. The molecule has 2 fully saturated rings. The number of hydrogen-bond donors (Lipinski definition) is 0. The Morgan fingerprint density at radius 2 is 1.97 bits per heavy atom. The van der Waals surface area contributed by atoms with Crippen molar-refractivity contribution < 1.29 is 13.6 Å². The summed E-state index contributed by atoms with van der Waals surface area (Å²) in [6, 6.07) is 7.30. The van der Waals surface area contributed by atoms with E-state index >= 15 is 0 Å². The Labute approximate surface area is 180 Å². The van der Waals surface area contributed by atoms with Crippen molar-refractivity contribution in [2.75, 3.05) is 32.7 Å². The molecule has 1 aromatic heterocycles. The van der Waals surface area contributed by atoms with E-state index in [9.17, 15) is 13.6 Å². The number of carbonyl (C=O) groups excluding carboxylic acids is 1. The van der Waals surface area contributed by atoms with E-state index in [1.54, 1.807) is 10.6 Å². The van der Waals surface area contributed by atoms with Crippen LogP contribution >= 0.6 is 11.8 Å². The van der Waals surface area contributed by atoms with Gasteiger partial charge in [-0.05, 0) is 74.5 Å². The van der Waals surface area contributed by atoms with Crippen molar-refractivity contribution in [3.63, 3.8) is 0 Å². The van der Waals surface area contributed by atoms with E-state index in [-0.39, 0.29) is 17.6 Å². The Morgan fingerprint density at radius 3 is 2.73 bits per heavy atom. The number of hydrogen-bond acceptors (Lipinski definition) is 4. The number of halogens is 2. The van der Waals surface area contributed by atoms with Crippen LogP contribution in [0.15, 0.2) is 29.4 Å². The highest BCUT2D eigenvalue weighted by Gasteiger charge is 2.27. The van der Waals surface area contributed by atoms with Crippen LogP contribution in [0.4, 0.5) is 8.78 Å². The fourth-order valence-corrected chi connectivity index (χ4v) is 5.26. The summed E-state index contributed by atoms with van der Waals surface area (Å²) < 4.78 is 27.7. The normalized spacial score (nSPS) is 21.6. The molecule has 0 saturated carbocycles. The number of aromatic nitrogens is 2. The van der Waals surface area contributed by atoms with Gasteiger partial charge in [-0.25, -0.2) is 4.98 Å². The molecule has 0 N–H and O–H groups in total. The van der Waals surface area contributed by atoms with Crippen LogP contribution < -0.4 is 0 Å². The summed E-state index contributed by atoms with van der Waals surface area (Å²) in [6.07, 6.45) is 4.67. The highest BCUT2D eigenvalue weighted by molar-refractivity contribution is 7.99. The molecule has 0 bridgehead atoms. The summed E-state index contributed by atoms with van der Waals surface area (Å²) in [5.74, 6) is -1.27. The molecule has 3 heterocycles. The van der Waals surface area contributed by atoms with Gasteiger partial charge < -0.3 is 14.4 Å². The van der Waals surface area contributed by atoms with E-state index in [0.29, 0.717) is 23.2 Å². The molecule has 2 aliphatic heterocycles. The van der Waals surface area contributed by atoms with Crippen LogP contribution in [0.1, 0.15) is 32.6 Å². The second-order valence-electron chi connectivity index (χ2n) is 8.68. The van der Waals surface area contributed by atoms with Crippen molar-refractivity contribution in [1.82, 2.24) is 19.4 Å². The van der Waals surface area contributed by atoms with E-state index in [1.165, 1.54) is 12.8 Å². The summed E-state index contributed by atoms with van der Waals surface area (Å²) in [7, 11) is 0. The van der Waals surface area contributed by atoms with Crippen LogP contribution in [-0.2, 0) is 11.3 Å². The number of nitrogens with zero attached hydrogens (tertiary/aromatic N) is 4. The number of para-hydroxylation sites is 2. The van der Waals surface area contributed by atoms with Gasteiger partial charge in [0.2, 0.25) is 5.91 Å². The Kier molecular flexibility index (Phi) is 6.93. The molecule has 2 saturated heterocycles. The monoisotopic (exact) mass is 436 g/mol. The Morgan fingerprint density at radius 1 is 1.20 bits per heavy atom. The third-order valence-corrected chi connectivity index (χ3v) is 7.07. The summed E-state index contributed by atoms with van der Waals surface area (Å²) in [4.78, 5) is 21.9. The maximum absolute atomic E-state index is 13.1. The first-order valence-electron chi connectivity index (χ1n) is 10.9. The Hall–Kier alpha value is -1.67. The van der Waals surface area contributed by atoms with Crippen LogP contribution in [0.2, 0.25) is 0 Å². The standard InChI is InChI=1S/C22H30F2N4OS/c1-16-8-11-26(12-9-16)13-17-5-4-10-27(14-17)20(29)15-28-19-7-3-2-6-18(19)25-22(28)30-21(23)24/h2-3,6-7,16-17,21H,4-5,8-15H2,1H3/t17-/m0/s1. The van der Waals surface area contributed by atoms with E-state index in [1.807, 2.05) is 23.1 Å². The minimum atomic E-state index is -2.57. The molecule has 1 aromatic carbocycles. The molecule has 0 unspecified atom stereocenters. The Balaban J connectivity index is 1.42. The number of alkyl halides is 2. The lowest BCUT2D eigenvalue weighted by atomic mass is 9.94. The van der Waals surface area contributed by atoms with Crippen molar-refractivity contribution in [3.8, 4) is 0 Å². The van der Waals surface area contributed by atoms with Crippen molar-refractivity contribution >= 4 is 28.7 Å². The largest absolute Gasteiger partial charge is 0.341 e. The quantitative estimate of drug-likeness (QED) is 0.633. The fourth-order valence-electron chi connectivity index (χ4n) is 4.66. The van der Waals surface area contributed by atoms with Gasteiger partial charge in [0.1, 0.15) is 6.54 Å². The van der Waals surface area contributed by atoms with Gasteiger partial charge >= 0.3 is 0 Å². The maximum atomic E-state index is 13.1. The average molecular weight is 437 g/mol. The molecule has 164 valence electrons. The van der Waals surface area contributed by atoms with Gasteiger partial charge in [0.05, 0.1) is 11.0 Å². The minimum absolute atomic E-state index is 0.00812. The molecule has 0 radical (unpaired) electrons. The second-order valence-corrected chi connectivity index (χ2v) is 9.64. The van der Waals surface area contributed by atoms with Crippen LogP contribution in [0.3, 0.4) is 0 Å². The molecule has 1 amide bonds. The van der Waals surface area contributed by atoms with Crippen molar-refractivity contribution in [2.24, 2.45) is 11.8 Å². The van der Waals surface area contributed by atoms with Gasteiger partial charge in [-0.3, -0.25) is 4.79 Å². The van der Waals surface area contributed by atoms with Gasteiger partial charge in [0, 0.05) is 19.6 Å². The van der Waals surface area contributed by atoms with Gasteiger partial charge in [-0.1, -0.05) is 19.1 Å². The number of amides is 1. The number of thioether (sulfide) groups is 1. The number of rotatable bonds is 6. The zero-order chi connectivity index (χ0) is 21.1. The van der Waals surface area contributed by atoms with Gasteiger partial charge in [-0.2, -0.15) is 8.78 Å². The number of carbonyl (C=O) groups is 1. The minimum Gasteiger partial charge on any atom is -0.341 e. The predicted octanol–water partition coefficient (Wildman–Crippen LogP) is 4.32. The molecule has 8 heteroatoms. The van der Waals surface area contributed by atoms with Gasteiger partial charge in [0.25, 0.3) is 5.76 Å². The highest BCUT2D eigenvalue weighted by Crippen LogP contribution is 2.29. The summed E-state index contributed by atoms with van der Waals surface area (Å²) >= 11 is 0.405. The lowest BCUT2D eigenvalue weighted by Gasteiger charge is -2.38. The number of imidazole rings is 1. The smallest absolute Gasteiger partial charge is 0.291 e. The SMILES string of the molecule is CC1CCN(C[C@@H]2CCCN(C(=O)Cn3c(SC(F)F)nc4ccccc43)C2)CC1. The Bertz CT molecular complexity index is 866. The van der Waals surface area contributed by atoms with Crippen LogP contribution in [0.25, 0.3) is 11.0 Å². The molecule has 30 heavy (non-hydrogen) atoms. The van der Waals surface area contributed by atoms with Crippen molar-refractivity contribution in [3.05, 3.63) is 24.3 Å². The van der Waals surface area contributed by atoms with Crippen LogP contribution in [0, 0.1) is 11.8 Å². The molecular formula is C22H30F2N4OS. The van der Waals surface area contributed by atoms with E-state index in [2.05, 4.69) is 16.8 Å². The van der Waals surface area contributed by atoms with Crippen molar-refractivity contribution in [2.45, 2.75) is 50.1 Å². The molecule has 0 aliphatic carbocycles. The molecule has 2 aromatic rings. The van der Waals surface area contributed by atoms with Gasteiger partial charge in [-0.15, -0.1) is 0 Å². The molecule has 2 aliphatic rings. The third-order valence-electron chi connectivity index (χ3n) is 6.37. The highest BCUT2D eigenvalue weighted by atomic mass is 32.2. The average Bonchev–Trinajstić information content (AvgIpc) is 3.06. The summed E-state index contributed by atoms with van der Waals surface area (Å²) in [6.45, 7) is 7.24. The van der Waals surface area contributed by atoms with Gasteiger partial charge in [0.15, 0.2) is 5.16 Å². The van der Waals surface area contributed by atoms with E-state index in [0.717, 1.165) is 57.0 Å². The molecule has 5 nitrogen and oxygen atoms in total. The summed E-state index contributed by atoms with van der Waals surface area (Å²) in [5, 5.41) is 0.204. The molecule has 0 spiro atoms. The first-order valence-corrected chi connectivity index (χ1v) is 11.8. The number of benzene rings is 1.